The molecule has 0 spiro atoms. The first-order valence-corrected chi connectivity index (χ1v) is 7.09. The molecule has 2 N–H and O–H groups in total. The van der Waals surface area contributed by atoms with Crippen LogP contribution in [0.25, 0.3) is 6.08 Å². The molecule has 0 unspecified atom stereocenters. The molecule has 0 fully saturated rings. The van der Waals surface area contributed by atoms with Gasteiger partial charge in [-0.05, 0) is 35.9 Å². The van der Waals surface area contributed by atoms with E-state index in [1.54, 1.807) is 30.3 Å². The Morgan fingerprint density at radius 2 is 2.04 bits per heavy atom. The second-order valence-electron chi connectivity index (χ2n) is 4.67. The molecule has 6 heteroatoms. The Morgan fingerprint density at radius 1 is 1.26 bits per heavy atom. The zero-order valence-corrected chi connectivity index (χ0v) is 13.1. The van der Waals surface area contributed by atoms with E-state index in [9.17, 15) is 9.18 Å². The summed E-state index contributed by atoms with van der Waals surface area (Å²) in [5, 5.41) is 0.286. The number of hydrogen-bond donors (Lipinski definition) is 1. The van der Waals surface area contributed by atoms with E-state index < -0.39 is 11.7 Å². The highest BCUT2D eigenvalue weighted by Gasteiger charge is 2.08. The van der Waals surface area contributed by atoms with Crippen LogP contribution in [-0.4, -0.2) is 13.0 Å². The summed E-state index contributed by atoms with van der Waals surface area (Å²) in [4.78, 5) is 10.8. The maximum atomic E-state index is 13.0. The minimum atomic E-state index is -0.540. The van der Waals surface area contributed by atoms with Gasteiger partial charge in [0.05, 0.1) is 12.1 Å². The van der Waals surface area contributed by atoms with E-state index >= 15 is 0 Å². The Morgan fingerprint density at radius 3 is 2.70 bits per heavy atom. The quantitative estimate of drug-likeness (QED) is 0.821. The molecule has 2 aromatic carbocycles. The third-order valence-electron chi connectivity index (χ3n) is 3.03. The third-order valence-corrected chi connectivity index (χ3v) is 3.38. The second kappa shape index (κ2) is 7.65. The fourth-order valence-electron chi connectivity index (χ4n) is 1.88. The lowest BCUT2D eigenvalue weighted by Crippen LogP contribution is -2.05. The van der Waals surface area contributed by atoms with Crippen molar-refractivity contribution >= 4 is 23.6 Å². The zero-order valence-electron chi connectivity index (χ0n) is 12.4. The van der Waals surface area contributed by atoms with E-state index in [1.807, 2.05) is 0 Å². The van der Waals surface area contributed by atoms with Gasteiger partial charge in [-0.15, -0.1) is 0 Å². The highest BCUT2D eigenvalue weighted by atomic mass is 35.5. The van der Waals surface area contributed by atoms with Crippen molar-refractivity contribution in [3.05, 3.63) is 64.4 Å². The standard InChI is InChI=1S/C17H15ClFNO3/c1-22-15-6-2-11(3-7-17(20)21)8-16(15)23-10-12-4-5-13(19)9-14(12)18/h2-9H,10H2,1H3,(H2,20,21)/b7-3-. The molecular formula is C17H15ClFNO3. The molecule has 23 heavy (non-hydrogen) atoms. The molecule has 0 aliphatic rings. The summed E-state index contributed by atoms with van der Waals surface area (Å²) in [5.74, 6) is 0.0512. The fraction of sp³-hybridized carbons (Fsp3) is 0.118. The Hall–Kier alpha value is -2.53. The van der Waals surface area contributed by atoms with E-state index in [0.29, 0.717) is 17.1 Å². The van der Waals surface area contributed by atoms with Gasteiger partial charge in [0.1, 0.15) is 12.4 Å². The summed E-state index contributed by atoms with van der Waals surface area (Å²) in [7, 11) is 1.52. The number of carbonyl (C=O) groups excluding carboxylic acids is 1. The van der Waals surface area contributed by atoms with Crippen molar-refractivity contribution in [2.24, 2.45) is 5.73 Å². The van der Waals surface area contributed by atoms with Gasteiger partial charge in [-0.25, -0.2) is 4.39 Å². The Kier molecular flexibility index (Phi) is 5.60. The number of amides is 1. The van der Waals surface area contributed by atoms with Gasteiger partial charge < -0.3 is 15.2 Å². The van der Waals surface area contributed by atoms with Crippen LogP contribution in [0.3, 0.4) is 0 Å². The number of ether oxygens (including phenoxy) is 2. The first-order valence-electron chi connectivity index (χ1n) is 6.72. The molecule has 0 radical (unpaired) electrons. The number of carbonyl (C=O) groups is 1. The fourth-order valence-corrected chi connectivity index (χ4v) is 2.10. The number of rotatable bonds is 6. The van der Waals surface area contributed by atoms with Gasteiger partial charge >= 0.3 is 0 Å². The molecule has 120 valence electrons. The predicted octanol–water partition coefficient (Wildman–Crippen LogP) is 3.57. The second-order valence-corrected chi connectivity index (χ2v) is 5.08. The van der Waals surface area contributed by atoms with Crippen LogP contribution in [0.5, 0.6) is 11.5 Å². The molecule has 0 atom stereocenters. The number of primary amides is 1. The molecule has 0 aliphatic carbocycles. The first kappa shape index (κ1) is 16.8. The summed E-state index contributed by atoms with van der Waals surface area (Å²) >= 11 is 5.97. The van der Waals surface area contributed by atoms with Crippen LogP contribution >= 0.6 is 11.6 Å². The maximum Gasteiger partial charge on any atom is 0.241 e. The van der Waals surface area contributed by atoms with Crippen LogP contribution in [0, 0.1) is 5.82 Å². The van der Waals surface area contributed by atoms with Crippen LogP contribution in [0.15, 0.2) is 42.5 Å². The molecular weight excluding hydrogens is 321 g/mol. The summed E-state index contributed by atoms with van der Waals surface area (Å²) < 4.78 is 24.0. The summed E-state index contributed by atoms with van der Waals surface area (Å²) in [6.07, 6.45) is 2.82. The minimum absolute atomic E-state index is 0.151. The summed E-state index contributed by atoms with van der Waals surface area (Å²) in [6, 6.07) is 9.27. The molecule has 0 bridgehead atoms. The van der Waals surface area contributed by atoms with Crippen molar-refractivity contribution in [1.29, 1.82) is 0 Å². The molecule has 0 saturated heterocycles. The van der Waals surface area contributed by atoms with Crippen molar-refractivity contribution in [2.75, 3.05) is 7.11 Å². The normalized spacial score (nSPS) is 10.7. The smallest absolute Gasteiger partial charge is 0.241 e. The predicted molar refractivity (Wildman–Crippen MR) is 87.0 cm³/mol. The van der Waals surface area contributed by atoms with Gasteiger partial charge in [-0.1, -0.05) is 23.7 Å². The number of benzene rings is 2. The molecule has 1 amide bonds. The van der Waals surface area contributed by atoms with Crippen molar-refractivity contribution in [1.82, 2.24) is 0 Å². The topological polar surface area (TPSA) is 61.5 Å². The Balaban J connectivity index is 2.20. The maximum absolute atomic E-state index is 13.0. The van der Waals surface area contributed by atoms with Gasteiger partial charge in [0.25, 0.3) is 0 Å². The molecule has 0 heterocycles. The van der Waals surface area contributed by atoms with Crippen LogP contribution in [-0.2, 0) is 11.4 Å². The van der Waals surface area contributed by atoms with Gasteiger partial charge in [0, 0.05) is 11.6 Å². The van der Waals surface area contributed by atoms with Gasteiger partial charge in [0.2, 0.25) is 5.91 Å². The minimum Gasteiger partial charge on any atom is -0.493 e. The lowest BCUT2D eigenvalue weighted by molar-refractivity contribution is -0.113. The van der Waals surface area contributed by atoms with E-state index in [4.69, 9.17) is 26.8 Å². The number of nitrogens with two attached hydrogens (primary N) is 1. The van der Waals surface area contributed by atoms with Crippen molar-refractivity contribution < 1.29 is 18.7 Å². The van der Waals surface area contributed by atoms with Crippen molar-refractivity contribution in [2.45, 2.75) is 6.61 Å². The van der Waals surface area contributed by atoms with Crippen LogP contribution in [0.1, 0.15) is 11.1 Å². The highest BCUT2D eigenvalue weighted by Crippen LogP contribution is 2.30. The van der Waals surface area contributed by atoms with E-state index in [-0.39, 0.29) is 11.6 Å². The van der Waals surface area contributed by atoms with E-state index in [1.165, 1.54) is 25.3 Å². The first-order chi connectivity index (χ1) is 11.0. The van der Waals surface area contributed by atoms with Crippen LogP contribution in [0.2, 0.25) is 5.02 Å². The lowest BCUT2D eigenvalue weighted by atomic mass is 10.2. The van der Waals surface area contributed by atoms with Gasteiger partial charge in [-0.2, -0.15) is 0 Å². The van der Waals surface area contributed by atoms with Gasteiger partial charge in [0.15, 0.2) is 11.5 Å². The zero-order chi connectivity index (χ0) is 16.8. The molecule has 0 aliphatic heterocycles. The van der Waals surface area contributed by atoms with E-state index in [2.05, 4.69) is 0 Å². The molecule has 2 aromatic rings. The summed E-state index contributed by atoms with van der Waals surface area (Å²) in [6.45, 7) is 0.151. The lowest BCUT2D eigenvalue weighted by Gasteiger charge is -2.12. The SMILES string of the molecule is COc1ccc(/C=C\C(N)=O)cc1OCc1ccc(F)cc1Cl. The average molecular weight is 336 g/mol. The van der Waals surface area contributed by atoms with Crippen LogP contribution < -0.4 is 15.2 Å². The number of halogens is 2. The van der Waals surface area contributed by atoms with E-state index in [0.717, 1.165) is 5.56 Å². The van der Waals surface area contributed by atoms with Crippen molar-refractivity contribution in [3.63, 3.8) is 0 Å². The van der Waals surface area contributed by atoms with Gasteiger partial charge in [-0.3, -0.25) is 4.79 Å². The largest absolute Gasteiger partial charge is 0.493 e. The highest BCUT2D eigenvalue weighted by molar-refractivity contribution is 6.31. The molecule has 0 saturated carbocycles. The number of hydrogen-bond acceptors (Lipinski definition) is 3. The molecule has 2 rings (SSSR count). The monoisotopic (exact) mass is 335 g/mol. The van der Waals surface area contributed by atoms with Crippen molar-refractivity contribution in [3.8, 4) is 11.5 Å². The van der Waals surface area contributed by atoms with Crippen LogP contribution in [0.4, 0.5) is 4.39 Å². The third kappa shape index (κ3) is 4.72. The Bertz CT molecular complexity index is 747. The molecule has 0 aromatic heterocycles. The molecule has 4 nitrogen and oxygen atoms in total. The number of methoxy groups -OCH3 is 1. The average Bonchev–Trinajstić information content (AvgIpc) is 2.52. The Labute approximate surface area is 138 Å². The summed E-state index contributed by atoms with van der Waals surface area (Å²) in [5.41, 5.74) is 6.44.